The normalized spacial score (nSPS) is 13.8. The van der Waals surface area contributed by atoms with Crippen LogP contribution in [0.5, 0.6) is 11.6 Å². The summed E-state index contributed by atoms with van der Waals surface area (Å²) >= 11 is 6.13. The topological polar surface area (TPSA) is 80.8 Å². The van der Waals surface area contributed by atoms with Crippen molar-refractivity contribution in [3.63, 3.8) is 0 Å². The fourth-order valence-electron chi connectivity index (χ4n) is 4.40. The SMILES string of the molecule is COc1ccc(Cl)c(CC(=O)N2CCC(c3ccc(NC(=O)c4ccnc(OC)c4F)cc3)CC2)c1F. The number of amides is 2. The standard InChI is InChI=1S/C27H26ClF2N3O4/c1-36-22-8-7-21(28)20(24(22)29)15-23(34)33-13-10-17(11-14-33)16-3-5-18(6-4-16)32-26(35)19-9-12-31-27(37-2)25(19)30/h3-9,12,17H,10-11,13-15H2,1-2H3,(H,32,35). The van der Waals surface area contributed by atoms with Gasteiger partial charge in [0.15, 0.2) is 17.4 Å². The second-order valence-corrected chi connectivity index (χ2v) is 9.04. The van der Waals surface area contributed by atoms with Crippen LogP contribution in [0.2, 0.25) is 5.02 Å². The van der Waals surface area contributed by atoms with Crippen molar-refractivity contribution in [3.8, 4) is 11.6 Å². The molecule has 3 aromatic rings. The molecule has 2 amide bonds. The first-order valence-corrected chi connectivity index (χ1v) is 12.1. The van der Waals surface area contributed by atoms with Crippen molar-refractivity contribution in [2.24, 2.45) is 0 Å². The highest BCUT2D eigenvalue weighted by atomic mass is 35.5. The average molecular weight is 530 g/mol. The van der Waals surface area contributed by atoms with E-state index in [1.807, 2.05) is 12.1 Å². The van der Waals surface area contributed by atoms with Crippen LogP contribution in [-0.4, -0.2) is 49.0 Å². The van der Waals surface area contributed by atoms with E-state index in [1.54, 1.807) is 17.0 Å². The number of halogens is 3. The lowest BCUT2D eigenvalue weighted by atomic mass is 9.89. The molecule has 0 unspecified atom stereocenters. The monoisotopic (exact) mass is 529 g/mol. The highest BCUT2D eigenvalue weighted by Crippen LogP contribution is 2.31. The lowest BCUT2D eigenvalue weighted by Crippen LogP contribution is -2.39. The molecule has 0 radical (unpaired) electrons. The largest absolute Gasteiger partial charge is 0.494 e. The molecule has 4 rings (SSSR count). The molecular weight excluding hydrogens is 504 g/mol. The van der Waals surface area contributed by atoms with E-state index in [0.717, 1.165) is 18.4 Å². The second kappa shape index (κ2) is 11.6. The summed E-state index contributed by atoms with van der Waals surface area (Å²) in [6, 6.07) is 11.6. The molecule has 37 heavy (non-hydrogen) atoms. The third-order valence-electron chi connectivity index (χ3n) is 6.48. The zero-order valence-corrected chi connectivity index (χ0v) is 21.1. The number of methoxy groups -OCH3 is 2. The second-order valence-electron chi connectivity index (χ2n) is 8.63. The van der Waals surface area contributed by atoms with E-state index in [-0.39, 0.29) is 46.0 Å². The third kappa shape index (κ3) is 5.83. The van der Waals surface area contributed by atoms with E-state index in [2.05, 4.69) is 10.3 Å². The first-order chi connectivity index (χ1) is 17.8. The van der Waals surface area contributed by atoms with Crippen LogP contribution in [0.15, 0.2) is 48.7 Å². The number of carbonyl (C=O) groups excluding carboxylic acids is 2. The summed E-state index contributed by atoms with van der Waals surface area (Å²) in [6.45, 7) is 1.07. The number of nitrogens with one attached hydrogen (secondary N) is 1. The smallest absolute Gasteiger partial charge is 0.258 e. The number of hydrogen-bond acceptors (Lipinski definition) is 5. The van der Waals surface area contributed by atoms with Gasteiger partial charge in [-0.3, -0.25) is 9.59 Å². The predicted octanol–water partition coefficient (Wildman–Crippen LogP) is 5.23. The van der Waals surface area contributed by atoms with Gasteiger partial charge in [0, 0.05) is 35.6 Å². The third-order valence-corrected chi connectivity index (χ3v) is 6.84. The van der Waals surface area contributed by atoms with Crippen molar-refractivity contribution in [3.05, 3.63) is 82.0 Å². The molecule has 0 aliphatic carbocycles. The van der Waals surface area contributed by atoms with Crippen molar-refractivity contribution in [1.82, 2.24) is 9.88 Å². The fraction of sp³-hybridized carbons (Fsp3) is 0.296. The van der Waals surface area contributed by atoms with Gasteiger partial charge in [0.05, 0.1) is 26.2 Å². The minimum Gasteiger partial charge on any atom is -0.494 e. The van der Waals surface area contributed by atoms with Crippen LogP contribution in [0.1, 0.15) is 40.2 Å². The molecule has 2 heterocycles. The van der Waals surface area contributed by atoms with Gasteiger partial charge in [-0.15, -0.1) is 0 Å². The van der Waals surface area contributed by atoms with Crippen molar-refractivity contribution in [2.45, 2.75) is 25.2 Å². The van der Waals surface area contributed by atoms with Gasteiger partial charge >= 0.3 is 0 Å². The van der Waals surface area contributed by atoms with Crippen molar-refractivity contribution >= 4 is 29.1 Å². The Bertz CT molecular complexity index is 1300. The zero-order chi connectivity index (χ0) is 26.5. The molecule has 1 aliphatic heterocycles. The number of hydrogen-bond donors (Lipinski definition) is 1. The number of nitrogens with zero attached hydrogens (tertiary/aromatic N) is 2. The van der Waals surface area contributed by atoms with Crippen LogP contribution in [-0.2, 0) is 11.2 Å². The Labute approximate surface area is 218 Å². The number of ether oxygens (including phenoxy) is 2. The van der Waals surface area contributed by atoms with Crippen LogP contribution >= 0.6 is 11.6 Å². The van der Waals surface area contributed by atoms with E-state index in [1.165, 1.54) is 38.6 Å². The van der Waals surface area contributed by atoms with E-state index < -0.39 is 17.5 Å². The number of benzene rings is 2. The molecule has 0 atom stereocenters. The number of aromatic nitrogens is 1. The van der Waals surface area contributed by atoms with E-state index >= 15 is 0 Å². The van der Waals surface area contributed by atoms with Crippen LogP contribution in [0, 0.1) is 11.6 Å². The molecule has 1 aliphatic rings. The van der Waals surface area contributed by atoms with Crippen molar-refractivity contribution < 1.29 is 27.8 Å². The molecular formula is C27H26ClF2N3O4. The maximum Gasteiger partial charge on any atom is 0.258 e. The number of anilines is 1. The molecule has 1 saturated heterocycles. The highest BCUT2D eigenvalue weighted by molar-refractivity contribution is 6.31. The van der Waals surface area contributed by atoms with Crippen LogP contribution in [0.3, 0.4) is 0 Å². The minimum absolute atomic E-state index is 0.0520. The summed E-state index contributed by atoms with van der Waals surface area (Å²) in [5.41, 5.74) is 1.57. The summed E-state index contributed by atoms with van der Waals surface area (Å²) in [5.74, 6) is -2.20. The van der Waals surface area contributed by atoms with Gasteiger partial charge in [0.1, 0.15) is 0 Å². The Morgan fingerprint density at radius 1 is 1.03 bits per heavy atom. The Morgan fingerprint density at radius 2 is 1.73 bits per heavy atom. The van der Waals surface area contributed by atoms with Gasteiger partial charge in [0.25, 0.3) is 11.8 Å². The molecule has 0 bridgehead atoms. The maximum atomic E-state index is 14.6. The maximum absolute atomic E-state index is 14.6. The summed E-state index contributed by atoms with van der Waals surface area (Å²) in [5, 5.41) is 2.87. The first-order valence-electron chi connectivity index (χ1n) is 11.7. The lowest BCUT2D eigenvalue weighted by molar-refractivity contribution is -0.131. The molecule has 0 saturated carbocycles. The van der Waals surface area contributed by atoms with E-state index in [4.69, 9.17) is 21.1 Å². The van der Waals surface area contributed by atoms with Gasteiger partial charge in [-0.25, -0.2) is 13.8 Å². The fourth-order valence-corrected chi connectivity index (χ4v) is 4.61. The first kappa shape index (κ1) is 26.3. The molecule has 7 nitrogen and oxygen atoms in total. The van der Waals surface area contributed by atoms with Gasteiger partial charge < -0.3 is 19.7 Å². The van der Waals surface area contributed by atoms with Crippen molar-refractivity contribution in [1.29, 1.82) is 0 Å². The minimum atomic E-state index is -0.822. The molecule has 1 fully saturated rings. The van der Waals surface area contributed by atoms with Gasteiger partial charge in [-0.1, -0.05) is 23.7 Å². The number of likely N-dealkylation sites (tertiary alicyclic amines) is 1. The van der Waals surface area contributed by atoms with Crippen LogP contribution in [0.4, 0.5) is 14.5 Å². The molecule has 2 aromatic carbocycles. The zero-order valence-electron chi connectivity index (χ0n) is 20.4. The van der Waals surface area contributed by atoms with E-state index in [0.29, 0.717) is 18.8 Å². The number of rotatable bonds is 7. The van der Waals surface area contributed by atoms with E-state index in [9.17, 15) is 18.4 Å². The molecule has 1 aromatic heterocycles. The summed E-state index contributed by atoms with van der Waals surface area (Å²) in [7, 11) is 2.64. The molecule has 0 spiro atoms. The number of piperidine rings is 1. The Kier molecular flexibility index (Phi) is 8.23. The predicted molar refractivity (Wildman–Crippen MR) is 135 cm³/mol. The summed E-state index contributed by atoms with van der Waals surface area (Å²) in [6.07, 6.45) is 2.66. The number of carbonyl (C=O) groups is 2. The molecule has 1 N–H and O–H groups in total. The van der Waals surface area contributed by atoms with Gasteiger partial charge in [0.2, 0.25) is 5.91 Å². The summed E-state index contributed by atoms with van der Waals surface area (Å²) in [4.78, 5) is 30.8. The van der Waals surface area contributed by atoms with Gasteiger partial charge in [-0.2, -0.15) is 0 Å². The molecule has 194 valence electrons. The van der Waals surface area contributed by atoms with Gasteiger partial charge in [-0.05, 0) is 54.7 Å². The Balaban J connectivity index is 1.34. The Morgan fingerprint density at radius 3 is 2.38 bits per heavy atom. The molecule has 10 heteroatoms. The summed E-state index contributed by atoms with van der Waals surface area (Å²) < 4.78 is 38.7. The quantitative estimate of drug-likeness (QED) is 0.453. The Hall–Kier alpha value is -3.72. The average Bonchev–Trinajstić information content (AvgIpc) is 2.91. The van der Waals surface area contributed by atoms with Crippen LogP contribution < -0.4 is 14.8 Å². The van der Waals surface area contributed by atoms with Crippen molar-refractivity contribution in [2.75, 3.05) is 32.6 Å². The van der Waals surface area contributed by atoms with Crippen LogP contribution in [0.25, 0.3) is 0 Å². The lowest BCUT2D eigenvalue weighted by Gasteiger charge is -2.32. The number of pyridine rings is 1. The highest BCUT2D eigenvalue weighted by Gasteiger charge is 2.26.